The maximum atomic E-state index is 13.5. The SMILES string of the molecule is CN(CCc1ccccn1)C(=O)[C@H]1[C@@H]2C=C[C@@]3(CN(C4CCCCCC4)C(=O)[C@@H]13)O2. The summed E-state index contributed by atoms with van der Waals surface area (Å²) in [7, 11) is 1.83. The third kappa shape index (κ3) is 3.25. The molecule has 2 amide bonds. The number of fused-ring (bicyclic) bond motifs is 1. The third-order valence-corrected chi connectivity index (χ3v) is 7.49. The standard InChI is InChI=1S/C24H31N3O3/c1-26(15-12-17-8-6-7-14-25-17)22(28)20-19-11-13-24(30-19)16-27(23(29)21(20)24)18-9-4-2-3-5-10-18/h6-8,11,13-14,18-21H,2-5,9-10,12,15-16H2,1H3/t19-,20-,21+,24-/m0/s1. The fourth-order valence-electron chi connectivity index (χ4n) is 5.88. The van der Waals surface area contributed by atoms with Crippen LogP contribution in [0.15, 0.2) is 36.5 Å². The number of rotatable bonds is 5. The fraction of sp³-hybridized carbons (Fsp3) is 0.625. The van der Waals surface area contributed by atoms with E-state index < -0.39 is 11.5 Å². The topological polar surface area (TPSA) is 62.7 Å². The molecule has 0 N–H and O–H groups in total. The molecule has 1 aromatic rings. The second-order valence-corrected chi connectivity index (χ2v) is 9.34. The number of aromatic nitrogens is 1. The lowest BCUT2D eigenvalue weighted by molar-refractivity contribution is -0.143. The van der Waals surface area contributed by atoms with Crippen molar-refractivity contribution in [2.75, 3.05) is 20.1 Å². The highest BCUT2D eigenvalue weighted by Crippen LogP contribution is 2.53. The first-order valence-electron chi connectivity index (χ1n) is 11.4. The first-order chi connectivity index (χ1) is 14.6. The molecule has 1 aromatic heterocycles. The first-order valence-corrected chi connectivity index (χ1v) is 11.4. The minimum absolute atomic E-state index is 0.0169. The molecule has 0 unspecified atom stereocenters. The Labute approximate surface area is 178 Å². The molecule has 2 bridgehead atoms. The van der Waals surface area contributed by atoms with Crippen molar-refractivity contribution in [1.82, 2.24) is 14.8 Å². The van der Waals surface area contributed by atoms with E-state index in [9.17, 15) is 9.59 Å². The first kappa shape index (κ1) is 19.7. The second kappa shape index (κ2) is 7.80. The lowest BCUT2D eigenvalue weighted by Crippen LogP contribution is -2.45. The highest BCUT2D eigenvalue weighted by molar-refractivity contribution is 5.93. The van der Waals surface area contributed by atoms with Gasteiger partial charge >= 0.3 is 0 Å². The quantitative estimate of drug-likeness (QED) is 0.554. The molecule has 0 aromatic carbocycles. The van der Waals surface area contributed by atoms with Gasteiger partial charge in [-0.15, -0.1) is 0 Å². The van der Waals surface area contributed by atoms with Crippen molar-refractivity contribution < 1.29 is 14.3 Å². The Morgan fingerprint density at radius 2 is 2.07 bits per heavy atom. The fourth-order valence-corrected chi connectivity index (χ4v) is 5.88. The van der Waals surface area contributed by atoms with Crippen molar-refractivity contribution in [3.05, 3.63) is 42.2 Å². The number of nitrogens with zero attached hydrogens (tertiary/aromatic N) is 3. The molecule has 160 valence electrons. The van der Waals surface area contributed by atoms with Gasteiger partial charge in [0.1, 0.15) is 5.60 Å². The minimum atomic E-state index is -0.601. The van der Waals surface area contributed by atoms with E-state index in [1.54, 1.807) is 11.1 Å². The number of ether oxygens (including phenoxy) is 1. The van der Waals surface area contributed by atoms with Gasteiger partial charge in [-0.25, -0.2) is 0 Å². The monoisotopic (exact) mass is 409 g/mol. The molecule has 4 heterocycles. The zero-order chi connectivity index (χ0) is 20.7. The van der Waals surface area contributed by atoms with Crippen LogP contribution in [0.4, 0.5) is 0 Å². The molecule has 1 aliphatic carbocycles. The van der Waals surface area contributed by atoms with Crippen molar-refractivity contribution in [2.24, 2.45) is 11.8 Å². The summed E-state index contributed by atoms with van der Waals surface area (Å²) in [5.41, 5.74) is 0.366. The average Bonchev–Trinajstić information content (AvgIpc) is 3.32. The molecule has 3 fully saturated rings. The number of amides is 2. The summed E-state index contributed by atoms with van der Waals surface area (Å²) < 4.78 is 6.32. The molecule has 1 spiro atoms. The van der Waals surface area contributed by atoms with Crippen LogP contribution < -0.4 is 0 Å². The van der Waals surface area contributed by atoms with Gasteiger partial charge in [0.25, 0.3) is 0 Å². The Balaban J connectivity index is 1.31. The van der Waals surface area contributed by atoms with Crippen molar-refractivity contribution >= 4 is 11.8 Å². The number of likely N-dealkylation sites (N-methyl/N-ethyl adjacent to an activating group) is 1. The van der Waals surface area contributed by atoms with E-state index in [1.807, 2.05) is 31.3 Å². The third-order valence-electron chi connectivity index (χ3n) is 7.49. The zero-order valence-corrected chi connectivity index (χ0v) is 17.7. The summed E-state index contributed by atoms with van der Waals surface area (Å²) >= 11 is 0. The molecule has 4 atom stereocenters. The largest absolute Gasteiger partial charge is 0.360 e. The zero-order valence-electron chi connectivity index (χ0n) is 17.7. The van der Waals surface area contributed by atoms with Gasteiger partial charge in [-0.3, -0.25) is 14.6 Å². The van der Waals surface area contributed by atoms with E-state index in [4.69, 9.17) is 4.74 Å². The van der Waals surface area contributed by atoms with E-state index >= 15 is 0 Å². The molecule has 1 saturated carbocycles. The van der Waals surface area contributed by atoms with E-state index in [-0.39, 0.29) is 23.8 Å². The highest BCUT2D eigenvalue weighted by atomic mass is 16.5. The molecular weight excluding hydrogens is 378 g/mol. The van der Waals surface area contributed by atoms with Gasteiger partial charge in [-0.1, -0.05) is 43.9 Å². The Bertz CT molecular complexity index is 833. The van der Waals surface area contributed by atoms with Crippen LogP contribution in [0, 0.1) is 11.8 Å². The number of hydrogen-bond acceptors (Lipinski definition) is 4. The molecule has 4 aliphatic rings. The van der Waals surface area contributed by atoms with E-state index in [2.05, 4.69) is 16.0 Å². The molecule has 0 radical (unpaired) electrons. The Hall–Kier alpha value is -2.21. The number of carbonyl (C=O) groups is 2. The van der Waals surface area contributed by atoms with Crippen molar-refractivity contribution in [3.63, 3.8) is 0 Å². The molecular formula is C24H31N3O3. The van der Waals surface area contributed by atoms with Crippen LogP contribution in [-0.4, -0.2) is 64.5 Å². The number of carbonyl (C=O) groups excluding carboxylic acids is 2. The normalized spacial score (nSPS) is 33.0. The number of pyridine rings is 1. The lowest BCUT2D eigenvalue weighted by atomic mass is 9.76. The summed E-state index contributed by atoms with van der Waals surface area (Å²) in [5.74, 6) is -0.638. The van der Waals surface area contributed by atoms with Gasteiger partial charge in [0.2, 0.25) is 11.8 Å². The van der Waals surface area contributed by atoms with Gasteiger partial charge in [-0.05, 0) is 25.0 Å². The average molecular weight is 410 g/mol. The van der Waals surface area contributed by atoms with E-state index in [0.717, 1.165) is 18.5 Å². The van der Waals surface area contributed by atoms with Crippen molar-refractivity contribution in [3.8, 4) is 0 Å². The van der Waals surface area contributed by atoms with Crippen molar-refractivity contribution in [2.45, 2.75) is 62.7 Å². The van der Waals surface area contributed by atoms with Gasteiger partial charge in [-0.2, -0.15) is 0 Å². The Morgan fingerprint density at radius 1 is 1.27 bits per heavy atom. The molecule has 6 heteroatoms. The minimum Gasteiger partial charge on any atom is -0.360 e. The second-order valence-electron chi connectivity index (χ2n) is 9.34. The predicted octanol–water partition coefficient (Wildman–Crippen LogP) is 2.59. The summed E-state index contributed by atoms with van der Waals surface area (Å²) in [6.45, 7) is 1.19. The van der Waals surface area contributed by atoms with Crippen molar-refractivity contribution in [1.29, 1.82) is 0 Å². The number of likely N-dealkylation sites (tertiary alicyclic amines) is 1. The van der Waals surface area contributed by atoms with Crippen LogP contribution in [0.1, 0.15) is 44.2 Å². The van der Waals surface area contributed by atoms with Crippen LogP contribution in [0.5, 0.6) is 0 Å². The molecule has 30 heavy (non-hydrogen) atoms. The maximum Gasteiger partial charge on any atom is 0.230 e. The number of hydrogen-bond donors (Lipinski definition) is 0. The lowest BCUT2D eigenvalue weighted by Gasteiger charge is -2.30. The molecule has 2 saturated heterocycles. The van der Waals surface area contributed by atoms with Gasteiger partial charge in [0.05, 0.1) is 24.5 Å². The van der Waals surface area contributed by atoms with Gasteiger partial charge in [0.15, 0.2) is 0 Å². The summed E-state index contributed by atoms with van der Waals surface area (Å²) in [6.07, 6.45) is 13.3. The van der Waals surface area contributed by atoms with Gasteiger partial charge < -0.3 is 14.5 Å². The molecule has 3 aliphatic heterocycles. The van der Waals surface area contributed by atoms with Crippen LogP contribution >= 0.6 is 0 Å². The summed E-state index contributed by atoms with van der Waals surface area (Å²) in [4.78, 5) is 35.1. The van der Waals surface area contributed by atoms with Crippen LogP contribution in [0.3, 0.4) is 0 Å². The van der Waals surface area contributed by atoms with E-state index in [0.29, 0.717) is 25.6 Å². The highest BCUT2D eigenvalue weighted by Gasteiger charge is 2.67. The maximum absolute atomic E-state index is 13.5. The molecule has 6 nitrogen and oxygen atoms in total. The van der Waals surface area contributed by atoms with E-state index in [1.165, 1.54) is 25.7 Å². The predicted molar refractivity (Wildman–Crippen MR) is 113 cm³/mol. The molecule has 5 rings (SSSR count). The Kier molecular flexibility index (Phi) is 5.13. The van der Waals surface area contributed by atoms with Crippen LogP contribution in [0.25, 0.3) is 0 Å². The summed E-state index contributed by atoms with van der Waals surface area (Å²) in [6, 6.07) is 6.13. The van der Waals surface area contributed by atoms with Gasteiger partial charge in [0, 0.05) is 37.9 Å². The van der Waals surface area contributed by atoms with Crippen LogP contribution in [0.2, 0.25) is 0 Å². The smallest absolute Gasteiger partial charge is 0.230 e. The Morgan fingerprint density at radius 3 is 2.80 bits per heavy atom. The van der Waals surface area contributed by atoms with Crippen LogP contribution in [-0.2, 0) is 20.7 Å². The summed E-state index contributed by atoms with van der Waals surface area (Å²) in [5, 5.41) is 0.